The molecule has 2 aliphatic rings. The van der Waals surface area contributed by atoms with Crippen molar-refractivity contribution >= 4 is 11.8 Å². The van der Waals surface area contributed by atoms with Crippen LogP contribution in [0.25, 0.3) is 11.7 Å². The lowest BCUT2D eigenvalue weighted by molar-refractivity contribution is -0.125. The Morgan fingerprint density at radius 1 is 1.23 bits per heavy atom. The smallest absolute Gasteiger partial charge is 0.266 e. The highest BCUT2D eigenvalue weighted by molar-refractivity contribution is 5.79. The third-order valence-corrected chi connectivity index (χ3v) is 5.50. The van der Waals surface area contributed by atoms with Gasteiger partial charge < -0.3 is 28.5 Å². The number of nitrogens with zero attached hydrogens (tertiary/aromatic N) is 3. The zero-order chi connectivity index (χ0) is 21.2. The average Bonchev–Trinajstić information content (AvgIpc) is 3.57. The Morgan fingerprint density at radius 3 is 2.84 bits per heavy atom. The summed E-state index contributed by atoms with van der Waals surface area (Å²) in [6, 6.07) is 11.2. The normalized spacial score (nSPS) is 15.6. The van der Waals surface area contributed by atoms with E-state index in [0.29, 0.717) is 49.9 Å². The predicted octanol–water partition coefficient (Wildman–Crippen LogP) is 3.07. The largest absolute Gasteiger partial charge is 0.459 e. The highest BCUT2D eigenvalue weighted by Crippen LogP contribution is 2.33. The summed E-state index contributed by atoms with van der Waals surface area (Å²) in [5.41, 5.74) is 1.18. The van der Waals surface area contributed by atoms with E-state index in [1.807, 2.05) is 23.1 Å². The van der Waals surface area contributed by atoms with Crippen molar-refractivity contribution in [2.45, 2.75) is 19.4 Å². The molecule has 1 amide bonds. The van der Waals surface area contributed by atoms with Gasteiger partial charge in [-0.15, -0.1) is 0 Å². The van der Waals surface area contributed by atoms with Gasteiger partial charge in [0.25, 0.3) is 5.89 Å². The lowest BCUT2D eigenvalue weighted by Gasteiger charge is -2.31. The Labute approximate surface area is 178 Å². The number of piperidine rings is 1. The summed E-state index contributed by atoms with van der Waals surface area (Å²) in [6.07, 6.45) is 2.85. The van der Waals surface area contributed by atoms with Gasteiger partial charge in [0, 0.05) is 25.6 Å². The topological polar surface area (TPSA) is 114 Å². The Kier molecular flexibility index (Phi) is 4.96. The molecular formula is C22H20N4O5. The number of hydrogen-bond acceptors (Lipinski definition) is 8. The number of nitriles is 1. The van der Waals surface area contributed by atoms with Crippen molar-refractivity contribution in [2.24, 2.45) is 5.92 Å². The third-order valence-electron chi connectivity index (χ3n) is 5.50. The Morgan fingerprint density at radius 2 is 2.06 bits per heavy atom. The number of furan rings is 1. The number of anilines is 1. The predicted molar refractivity (Wildman–Crippen MR) is 108 cm³/mol. The van der Waals surface area contributed by atoms with Crippen molar-refractivity contribution in [3.8, 4) is 29.2 Å². The van der Waals surface area contributed by atoms with Gasteiger partial charge in [-0.25, -0.2) is 0 Å². The van der Waals surface area contributed by atoms with Crippen LogP contribution < -0.4 is 19.7 Å². The molecule has 0 radical (unpaired) electrons. The first-order valence-corrected chi connectivity index (χ1v) is 10.1. The van der Waals surface area contributed by atoms with E-state index in [4.69, 9.17) is 18.3 Å². The average molecular weight is 420 g/mol. The molecule has 158 valence electrons. The number of amides is 1. The van der Waals surface area contributed by atoms with E-state index < -0.39 is 0 Å². The first-order valence-electron chi connectivity index (χ1n) is 10.1. The van der Waals surface area contributed by atoms with Crippen LogP contribution in [0.2, 0.25) is 0 Å². The highest BCUT2D eigenvalue weighted by Gasteiger charge is 2.29. The van der Waals surface area contributed by atoms with Crippen molar-refractivity contribution in [1.29, 1.82) is 5.26 Å². The number of carbonyl (C=O) groups is 1. The molecule has 0 saturated carbocycles. The molecule has 0 bridgehead atoms. The van der Waals surface area contributed by atoms with Crippen LogP contribution in [0.1, 0.15) is 24.1 Å². The van der Waals surface area contributed by atoms with E-state index in [-0.39, 0.29) is 30.2 Å². The second-order valence-electron chi connectivity index (χ2n) is 7.43. The summed E-state index contributed by atoms with van der Waals surface area (Å²) in [7, 11) is 0. The number of aromatic nitrogens is 1. The molecule has 0 spiro atoms. The van der Waals surface area contributed by atoms with E-state index in [1.165, 1.54) is 6.26 Å². The van der Waals surface area contributed by atoms with Crippen LogP contribution >= 0.6 is 0 Å². The number of benzene rings is 1. The summed E-state index contributed by atoms with van der Waals surface area (Å²) < 4.78 is 21.8. The third kappa shape index (κ3) is 3.80. The fourth-order valence-corrected chi connectivity index (χ4v) is 3.83. The van der Waals surface area contributed by atoms with Crippen LogP contribution in [0.5, 0.6) is 11.5 Å². The fourth-order valence-electron chi connectivity index (χ4n) is 3.83. The van der Waals surface area contributed by atoms with Crippen LogP contribution in [0.3, 0.4) is 0 Å². The van der Waals surface area contributed by atoms with Gasteiger partial charge in [-0.05, 0) is 42.7 Å². The van der Waals surface area contributed by atoms with Gasteiger partial charge in [0.05, 0.1) is 6.26 Å². The fraction of sp³-hybridized carbons (Fsp3) is 0.318. The molecule has 1 N–H and O–H groups in total. The Hall–Kier alpha value is -3.93. The van der Waals surface area contributed by atoms with Gasteiger partial charge in [-0.3, -0.25) is 4.79 Å². The summed E-state index contributed by atoms with van der Waals surface area (Å²) in [5.74, 6) is 2.53. The summed E-state index contributed by atoms with van der Waals surface area (Å²) in [5, 5.41) is 12.4. The zero-order valence-corrected chi connectivity index (χ0v) is 16.7. The molecule has 5 rings (SSSR count). The minimum Gasteiger partial charge on any atom is -0.459 e. The second kappa shape index (κ2) is 8.07. The molecule has 2 aromatic heterocycles. The van der Waals surface area contributed by atoms with Crippen molar-refractivity contribution in [3.05, 3.63) is 47.9 Å². The van der Waals surface area contributed by atoms with Gasteiger partial charge in [0.2, 0.25) is 24.3 Å². The minimum absolute atomic E-state index is 0.0201. The van der Waals surface area contributed by atoms with E-state index in [0.717, 1.165) is 11.3 Å². The van der Waals surface area contributed by atoms with Gasteiger partial charge in [-0.1, -0.05) is 6.07 Å². The van der Waals surface area contributed by atoms with Gasteiger partial charge in [0.1, 0.15) is 6.07 Å². The summed E-state index contributed by atoms with van der Waals surface area (Å²) >= 11 is 0. The van der Waals surface area contributed by atoms with Crippen LogP contribution in [0.15, 0.2) is 45.4 Å². The molecule has 9 heteroatoms. The van der Waals surface area contributed by atoms with Crippen molar-refractivity contribution in [1.82, 2.24) is 10.3 Å². The second-order valence-corrected chi connectivity index (χ2v) is 7.43. The SMILES string of the molecule is N#Cc1nc(-c2ccco2)oc1N1CCC(C(=O)NCc2ccc3c(c2)OCO3)CC1. The number of hydrogen-bond donors (Lipinski definition) is 1. The maximum Gasteiger partial charge on any atom is 0.266 e. The first-order chi connectivity index (χ1) is 15.2. The minimum atomic E-state index is -0.0942. The van der Waals surface area contributed by atoms with Crippen molar-refractivity contribution < 1.29 is 23.1 Å². The molecule has 1 fully saturated rings. The van der Waals surface area contributed by atoms with Crippen LogP contribution in [0.4, 0.5) is 5.88 Å². The van der Waals surface area contributed by atoms with Crippen molar-refractivity contribution in [3.63, 3.8) is 0 Å². The molecule has 3 aromatic rings. The molecule has 1 aromatic carbocycles. The number of nitrogens with one attached hydrogen (secondary N) is 1. The number of fused-ring (bicyclic) bond motifs is 1. The van der Waals surface area contributed by atoms with Crippen molar-refractivity contribution in [2.75, 3.05) is 24.8 Å². The molecule has 0 unspecified atom stereocenters. The molecule has 9 nitrogen and oxygen atoms in total. The molecular weight excluding hydrogens is 400 g/mol. The summed E-state index contributed by atoms with van der Waals surface area (Å²) in [6.45, 7) is 1.86. The first kappa shape index (κ1) is 19.1. The molecule has 2 aliphatic heterocycles. The lowest BCUT2D eigenvalue weighted by Crippen LogP contribution is -2.40. The van der Waals surface area contributed by atoms with Crippen LogP contribution in [-0.2, 0) is 11.3 Å². The number of ether oxygens (including phenoxy) is 2. The standard InChI is InChI=1S/C22H20N4O5/c23-11-16-22(31-21(25-16)18-2-1-9-28-18)26-7-5-15(6-8-26)20(27)24-12-14-3-4-17-19(10-14)30-13-29-17/h1-4,9-10,15H,5-8,12-13H2,(H,24,27). The van der Waals surface area contributed by atoms with Crippen LogP contribution in [0, 0.1) is 17.2 Å². The molecule has 0 atom stereocenters. The molecule has 31 heavy (non-hydrogen) atoms. The Bertz CT molecular complexity index is 1120. The number of carbonyl (C=O) groups excluding carboxylic acids is 1. The van der Waals surface area contributed by atoms with E-state index in [1.54, 1.807) is 12.1 Å². The molecule has 0 aliphatic carbocycles. The van der Waals surface area contributed by atoms with E-state index >= 15 is 0 Å². The lowest BCUT2D eigenvalue weighted by atomic mass is 9.96. The van der Waals surface area contributed by atoms with Gasteiger partial charge in [-0.2, -0.15) is 10.2 Å². The molecule has 1 saturated heterocycles. The van der Waals surface area contributed by atoms with E-state index in [2.05, 4.69) is 16.4 Å². The summed E-state index contributed by atoms with van der Waals surface area (Å²) in [4.78, 5) is 18.8. The van der Waals surface area contributed by atoms with Gasteiger partial charge in [0.15, 0.2) is 17.3 Å². The highest BCUT2D eigenvalue weighted by atomic mass is 16.7. The quantitative estimate of drug-likeness (QED) is 0.670. The maximum atomic E-state index is 12.6. The Balaban J connectivity index is 1.18. The van der Waals surface area contributed by atoms with E-state index in [9.17, 15) is 10.1 Å². The maximum absolute atomic E-state index is 12.6. The molecule has 4 heterocycles. The van der Waals surface area contributed by atoms with Crippen LogP contribution in [-0.4, -0.2) is 30.8 Å². The number of oxazole rings is 1. The van der Waals surface area contributed by atoms with Gasteiger partial charge >= 0.3 is 0 Å². The zero-order valence-electron chi connectivity index (χ0n) is 16.7. The monoisotopic (exact) mass is 420 g/mol. The number of rotatable bonds is 5.